The monoisotopic (exact) mass is 269 g/mol. The average molecular weight is 269 g/mol. The van der Waals surface area contributed by atoms with Gasteiger partial charge >= 0.3 is 10.8 Å². The highest BCUT2D eigenvalue weighted by Crippen LogP contribution is 2.19. The van der Waals surface area contributed by atoms with Crippen molar-refractivity contribution in [3.8, 4) is 0 Å². The summed E-state index contributed by atoms with van der Waals surface area (Å²) >= 11 is 2.43. The van der Waals surface area contributed by atoms with Crippen LogP contribution in [0.5, 0.6) is 0 Å². The molecule has 0 amide bonds. The van der Waals surface area contributed by atoms with E-state index in [-0.39, 0.29) is 4.87 Å². The number of aromatic carboxylic acids is 1. The fourth-order valence-electron chi connectivity index (χ4n) is 1.50. The van der Waals surface area contributed by atoms with Crippen LogP contribution in [0.25, 0.3) is 0 Å². The van der Waals surface area contributed by atoms with Crippen LogP contribution in [0.4, 0.5) is 0 Å². The summed E-state index contributed by atoms with van der Waals surface area (Å²) < 4.78 is 1.68. The maximum atomic E-state index is 11.7. The first kappa shape index (κ1) is 12.1. The lowest BCUT2D eigenvalue weighted by atomic mass is 10.4. The third kappa shape index (κ3) is 2.32. The average Bonchev–Trinajstić information content (AvgIpc) is 2.80. The van der Waals surface area contributed by atoms with Crippen molar-refractivity contribution in [1.82, 2.24) is 4.57 Å². The fourth-order valence-corrected chi connectivity index (χ4v) is 3.17. The molecule has 0 fully saturated rings. The van der Waals surface area contributed by atoms with Crippen molar-refractivity contribution in [3.63, 3.8) is 0 Å². The molecule has 0 saturated carbocycles. The van der Waals surface area contributed by atoms with E-state index in [9.17, 15) is 9.59 Å². The largest absolute Gasteiger partial charge is 0.477 e. The van der Waals surface area contributed by atoms with E-state index in [1.54, 1.807) is 16.7 Å². The van der Waals surface area contributed by atoms with Crippen molar-refractivity contribution >= 4 is 28.6 Å². The Bertz CT molecular complexity index is 621. The minimum atomic E-state index is -0.924. The van der Waals surface area contributed by atoms with Crippen molar-refractivity contribution in [3.05, 3.63) is 42.1 Å². The molecule has 0 aliphatic rings. The minimum absolute atomic E-state index is 0.00488. The van der Waals surface area contributed by atoms with Crippen molar-refractivity contribution in [2.75, 3.05) is 0 Å². The number of thiazole rings is 1. The molecule has 0 aromatic carbocycles. The highest BCUT2D eigenvalue weighted by molar-refractivity contribution is 7.13. The number of rotatable bonds is 3. The van der Waals surface area contributed by atoms with Crippen LogP contribution < -0.4 is 4.87 Å². The van der Waals surface area contributed by atoms with E-state index in [1.165, 1.54) is 22.7 Å². The van der Waals surface area contributed by atoms with Crippen LogP contribution in [-0.2, 0) is 6.54 Å². The first-order valence-corrected chi connectivity index (χ1v) is 6.61. The van der Waals surface area contributed by atoms with Gasteiger partial charge in [0.25, 0.3) is 0 Å². The van der Waals surface area contributed by atoms with Gasteiger partial charge in [-0.3, -0.25) is 9.36 Å². The molecule has 0 spiro atoms. The molecule has 0 radical (unpaired) electrons. The molecule has 17 heavy (non-hydrogen) atoms. The van der Waals surface area contributed by atoms with Gasteiger partial charge in [0.05, 0.1) is 6.54 Å². The standard InChI is InChI=1S/C11H11NO3S2/c1-6-7(2)16-11(15)12(6)5-8-3-4-9(17-8)10(13)14/h3-4H,5H2,1-2H3,(H,13,14). The SMILES string of the molecule is Cc1sc(=O)n(Cc2ccc(C(=O)O)s2)c1C. The Morgan fingerprint density at radius 3 is 2.53 bits per heavy atom. The first-order valence-electron chi connectivity index (χ1n) is 4.98. The quantitative estimate of drug-likeness (QED) is 0.930. The van der Waals surface area contributed by atoms with Gasteiger partial charge in [0, 0.05) is 15.4 Å². The summed E-state index contributed by atoms with van der Waals surface area (Å²) in [5, 5.41) is 8.82. The highest BCUT2D eigenvalue weighted by atomic mass is 32.1. The van der Waals surface area contributed by atoms with E-state index in [1.807, 2.05) is 13.8 Å². The minimum Gasteiger partial charge on any atom is -0.477 e. The topological polar surface area (TPSA) is 59.3 Å². The molecule has 4 nitrogen and oxygen atoms in total. The maximum absolute atomic E-state index is 11.7. The molecule has 0 aliphatic heterocycles. The van der Waals surface area contributed by atoms with E-state index in [2.05, 4.69) is 0 Å². The lowest BCUT2D eigenvalue weighted by Crippen LogP contribution is -2.14. The van der Waals surface area contributed by atoms with Gasteiger partial charge < -0.3 is 5.11 Å². The summed E-state index contributed by atoms with van der Waals surface area (Å²) in [6, 6.07) is 3.33. The number of aryl methyl sites for hydroxylation is 1. The number of carboxylic acid groups (broad SMARTS) is 1. The molecule has 0 atom stereocenters. The third-order valence-electron chi connectivity index (χ3n) is 2.56. The molecule has 2 rings (SSSR count). The fraction of sp³-hybridized carbons (Fsp3) is 0.273. The summed E-state index contributed by atoms with van der Waals surface area (Å²) in [4.78, 5) is 24.6. The molecule has 0 unspecified atom stereocenters. The molecule has 0 bridgehead atoms. The Morgan fingerprint density at radius 2 is 2.06 bits per heavy atom. The van der Waals surface area contributed by atoms with E-state index in [0.717, 1.165) is 15.4 Å². The van der Waals surface area contributed by atoms with Gasteiger partial charge in [0.1, 0.15) is 4.88 Å². The van der Waals surface area contributed by atoms with Crippen LogP contribution >= 0.6 is 22.7 Å². The van der Waals surface area contributed by atoms with Crippen LogP contribution in [0.15, 0.2) is 16.9 Å². The molecule has 2 aromatic heterocycles. The maximum Gasteiger partial charge on any atom is 0.345 e. The Morgan fingerprint density at radius 1 is 1.35 bits per heavy atom. The number of carbonyl (C=O) groups is 1. The van der Waals surface area contributed by atoms with Gasteiger partial charge in [0.2, 0.25) is 0 Å². The van der Waals surface area contributed by atoms with Crippen molar-refractivity contribution in [2.45, 2.75) is 20.4 Å². The van der Waals surface area contributed by atoms with Crippen molar-refractivity contribution in [1.29, 1.82) is 0 Å². The molecule has 0 aliphatic carbocycles. The van der Waals surface area contributed by atoms with E-state index in [4.69, 9.17) is 5.11 Å². The summed E-state index contributed by atoms with van der Waals surface area (Å²) in [5.41, 5.74) is 0.949. The zero-order chi connectivity index (χ0) is 12.6. The summed E-state index contributed by atoms with van der Waals surface area (Å²) in [7, 11) is 0. The Kier molecular flexibility index (Phi) is 3.17. The second kappa shape index (κ2) is 4.46. The predicted molar refractivity (Wildman–Crippen MR) is 68.4 cm³/mol. The molecule has 1 N–H and O–H groups in total. The Labute approximate surface area is 106 Å². The van der Waals surface area contributed by atoms with Crippen LogP contribution in [0.1, 0.15) is 25.1 Å². The van der Waals surface area contributed by atoms with Gasteiger partial charge in [-0.2, -0.15) is 0 Å². The summed E-state index contributed by atoms with van der Waals surface area (Å²) in [5.74, 6) is -0.924. The molecule has 90 valence electrons. The Hall–Kier alpha value is -1.40. The zero-order valence-corrected chi connectivity index (χ0v) is 11.0. The van der Waals surface area contributed by atoms with Gasteiger partial charge in [-0.25, -0.2) is 4.79 Å². The Balaban J connectivity index is 2.31. The van der Waals surface area contributed by atoms with Crippen LogP contribution in [-0.4, -0.2) is 15.6 Å². The summed E-state index contributed by atoms with van der Waals surface area (Å²) in [6.45, 7) is 4.26. The summed E-state index contributed by atoms with van der Waals surface area (Å²) in [6.07, 6.45) is 0. The van der Waals surface area contributed by atoms with Gasteiger partial charge in [0.15, 0.2) is 0 Å². The molecular weight excluding hydrogens is 258 g/mol. The number of hydrogen-bond donors (Lipinski definition) is 1. The van der Waals surface area contributed by atoms with E-state index in [0.29, 0.717) is 11.4 Å². The predicted octanol–water partition coefficient (Wildman–Crippen LogP) is 2.33. The van der Waals surface area contributed by atoms with Crippen LogP contribution in [0.3, 0.4) is 0 Å². The number of nitrogens with zero attached hydrogens (tertiary/aromatic N) is 1. The molecule has 0 saturated heterocycles. The number of thiophene rings is 1. The van der Waals surface area contributed by atoms with E-state index >= 15 is 0 Å². The van der Waals surface area contributed by atoms with Crippen LogP contribution in [0, 0.1) is 13.8 Å². The first-order chi connectivity index (χ1) is 7.99. The smallest absolute Gasteiger partial charge is 0.345 e. The number of aromatic nitrogens is 1. The normalized spacial score (nSPS) is 10.7. The second-order valence-corrected chi connectivity index (χ2v) is 6.00. The zero-order valence-electron chi connectivity index (χ0n) is 9.39. The van der Waals surface area contributed by atoms with Crippen molar-refractivity contribution < 1.29 is 9.90 Å². The third-order valence-corrected chi connectivity index (χ3v) is 4.62. The van der Waals surface area contributed by atoms with Gasteiger partial charge in [-0.05, 0) is 26.0 Å². The highest BCUT2D eigenvalue weighted by Gasteiger charge is 2.11. The van der Waals surface area contributed by atoms with Crippen LogP contribution in [0.2, 0.25) is 0 Å². The molecule has 2 heterocycles. The number of hydrogen-bond acceptors (Lipinski definition) is 4. The second-order valence-electron chi connectivity index (χ2n) is 3.67. The van der Waals surface area contributed by atoms with Gasteiger partial charge in [-0.1, -0.05) is 11.3 Å². The molecular formula is C11H11NO3S2. The van der Waals surface area contributed by atoms with E-state index < -0.39 is 5.97 Å². The van der Waals surface area contributed by atoms with Gasteiger partial charge in [-0.15, -0.1) is 11.3 Å². The molecule has 6 heteroatoms. The number of carboxylic acids is 1. The lowest BCUT2D eigenvalue weighted by Gasteiger charge is -2.01. The molecule has 2 aromatic rings. The van der Waals surface area contributed by atoms with Crippen molar-refractivity contribution in [2.24, 2.45) is 0 Å². The lowest BCUT2D eigenvalue weighted by molar-refractivity contribution is 0.0702.